The van der Waals surface area contributed by atoms with Gasteiger partial charge in [-0.15, -0.1) is 0 Å². The summed E-state index contributed by atoms with van der Waals surface area (Å²) >= 11 is 0. The highest BCUT2D eigenvalue weighted by Crippen LogP contribution is 2.43. The average Bonchev–Trinajstić information content (AvgIpc) is 2.43. The van der Waals surface area contributed by atoms with Crippen molar-refractivity contribution < 1.29 is 0 Å². The Morgan fingerprint density at radius 3 is 2.67 bits per heavy atom. The SMILES string of the molecule is CCCNCc1ccc2c(c1)[C@@H](C)CC(C)(C)N2CCC. The van der Waals surface area contributed by atoms with E-state index in [4.69, 9.17) is 0 Å². The monoisotopic (exact) mass is 288 g/mol. The summed E-state index contributed by atoms with van der Waals surface area (Å²) in [6.45, 7) is 14.9. The fraction of sp³-hybridized carbons (Fsp3) is 0.684. The van der Waals surface area contributed by atoms with Gasteiger partial charge in [-0.3, -0.25) is 0 Å². The van der Waals surface area contributed by atoms with E-state index in [-0.39, 0.29) is 5.54 Å². The first-order valence-corrected chi connectivity index (χ1v) is 8.60. The smallest absolute Gasteiger partial charge is 0.0406 e. The highest BCUT2D eigenvalue weighted by atomic mass is 15.2. The molecule has 0 bridgehead atoms. The van der Waals surface area contributed by atoms with Crippen LogP contribution in [0.3, 0.4) is 0 Å². The second-order valence-electron chi connectivity index (χ2n) is 7.14. The lowest BCUT2D eigenvalue weighted by molar-refractivity contribution is 0.376. The molecule has 1 aliphatic rings. The largest absolute Gasteiger partial charge is 0.366 e. The molecule has 0 aliphatic carbocycles. The Hall–Kier alpha value is -1.02. The van der Waals surface area contributed by atoms with E-state index in [1.165, 1.54) is 30.5 Å². The van der Waals surface area contributed by atoms with Crippen molar-refractivity contribution in [1.29, 1.82) is 0 Å². The van der Waals surface area contributed by atoms with Crippen LogP contribution in [0.15, 0.2) is 18.2 Å². The first-order chi connectivity index (χ1) is 9.99. The molecule has 2 heteroatoms. The average molecular weight is 288 g/mol. The summed E-state index contributed by atoms with van der Waals surface area (Å²) in [5.74, 6) is 0.647. The third-order valence-corrected chi connectivity index (χ3v) is 4.65. The van der Waals surface area contributed by atoms with Gasteiger partial charge in [-0.2, -0.15) is 0 Å². The summed E-state index contributed by atoms with van der Waals surface area (Å²) in [5, 5.41) is 3.51. The lowest BCUT2D eigenvalue weighted by Gasteiger charge is -2.47. The molecule has 0 saturated heterocycles. The van der Waals surface area contributed by atoms with Crippen molar-refractivity contribution in [2.45, 2.75) is 71.9 Å². The molecule has 2 rings (SSSR count). The topological polar surface area (TPSA) is 15.3 Å². The molecule has 0 saturated carbocycles. The van der Waals surface area contributed by atoms with Gasteiger partial charge in [-0.05, 0) is 62.8 Å². The Bertz CT molecular complexity index is 465. The van der Waals surface area contributed by atoms with Crippen molar-refractivity contribution >= 4 is 5.69 Å². The molecule has 1 N–H and O–H groups in total. The van der Waals surface area contributed by atoms with Crippen LogP contribution in [-0.4, -0.2) is 18.6 Å². The van der Waals surface area contributed by atoms with E-state index in [1.54, 1.807) is 5.56 Å². The molecule has 0 spiro atoms. The van der Waals surface area contributed by atoms with E-state index in [2.05, 4.69) is 63.0 Å². The Morgan fingerprint density at radius 1 is 1.24 bits per heavy atom. The third kappa shape index (κ3) is 3.60. The fourth-order valence-electron chi connectivity index (χ4n) is 3.71. The van der Waals surface area contributed by atoms with Crippen LogP contribution in [0.2, 0.25) is 0 Å². The molecule has 0 unspecified atom stereocenters. The van der Waals surface area contributed by atoms with Gasteiger partial charge in [0.05, 0.1) is 0 Å². The predicted molar refractivity (Wildman–Crippen MR) is 93.2 cm³/mol. The van der Waals surface area contributed by atoms with Crippen LogP contribution >= 0.6 is 0 Å². The van der Waals surface area contributed by atoms with Gasteiger partial charge in [0.1, 0.15) is 0 Å². The molecule has 1 heterocycles. The first-order valence-electron chi connectivity index (χ1n) is 8.60. The van der Waals surface area contributed by atoms with E-state index in [9.17, 15) is 0 Å². The summed E-state index contributed by atoms with van der Waals surface area (Å²) in [4.78, 5) is 2.62. The lowest BCUT2D eigenvalue weighted by atomic mass is 9.79. The fourth-order valence-corrected chi connectivity index (χ4v) is 3.71. The summed E-state index contributed by atoms with van der Waals surface area (Å²) in [7, 11) is 0. The van der Waals surface area contributed by atoms with Crippen molar-refractivity contribution in [3.8, 4) is 0 Å². The number of benzene rings is 1. The molecule has 0 fully saturated rings. The van der Waals surface area contributed by atoms with Crippen molar-refractivity contribution in [3.05, 3.63) is 29.3 Å². The normalized spacial score (nSPS) is 20.4. The summed E-state index contributed by atoms with van der Waals surface area (Å²) in [5.41, 5.74) is 4.69. The molecule has 21 heavy (non-hydrogen) atoms. The number of nitrogens with zero attached hydrogens (tertiary/aromatic N) is 1. The van der Waals surface area contributed by atoms with E-state index in [0.717, 1.165) is 19.6 Å². The highest BCUT2D eigenvalue weighted by molar-refractivity contribution is 5.60. The van der Waals surface area contributed by atoms with Crippen LogP contribution in [0.5, 0.6) is 0 Å². The number of anilines is 1. The Kier molecular flexibility index (Phi) is 5.32. The second-order valence-corrected chi connectivity index (χ2v) is 7.14. The Balaban J connectivity index is 2.27. The zero-order valence-corrected chi connectivity index (χ0v) is 14.5. The predicted octanol–water partition coefficient (Wildman–Crippen LogP) is 4.69. The molecule has 1 aromatic rings. The molecule has 0 radical (unpaired) electrons. The van der Waals surface area contributed by atoms with Crippen molar-refractivity contribution in [2.24, 2.45) is 0 Å². The molecule has 1 aliphatic heterocycles. The van der Waals surface area contributed by atoms with Crippen molar-refractivity contribution in [2.75, 3.05) is 18.0 Å². The maximum atomic E-state index is 3.51. The van der Waals surface area contributed by atoms with Gasteiger partial charge < -0.3 is 10.2 Å². The van der Waals surface area contributed by atoms with Gasteiger partial charge in [-0.1, -0.05) is 32.9 Å². The minimum atomic E-state index is 0.268. The van der Waals surface area contributed by atoms with Gasteiger partial charge in [0.15, 0.2) is 0 Å². The number of rotatable bonds is 6. The summed E-state index contributed by atoms with van der Waals surface area (Å²) in [6, 6.07) is 7.09. The second kappa shape index (κ2) is 6.83. The molecule has 118 valence electrons. The quantitative estimate of drug-likeness (QED) is 0.764. The molecule has 1 aromatic carbocycles. The molecule has 0 aromatic heterocycles. The van der Waals surface area contributed by atoms with E-state index >= 15 is 0 Å². The van der Waals surface area contributed by atoms with Crippen LogP contribution in [0.1, 0.15) is 70.9 Å². The molecule has 2 nitrogen and oxygen atoms in total. The van der Waals surface area contributed by atoms with Crippen LogP contribution < -0.4 is 10.2 Å². The van der Waals surface area contributed by atoms with E-state index < -0.39 is 0 Å². The van der Waals surface area contributed by atoms with Crippen molar-refractivity contribution in [1.82, 2.24) is 5.32 Å². The Morgan fingerprint density at radius 2 is 2.00 bits per heavy atom. The third-order valence-electron chi connectivity index (χ3n) is 4.65. The number of hydrogen-bond donors (Lipinski definition) is 1. The van der Waals surface area contributed by atoms with Gasteiger partial charge in [0, 0.05) is 24.3 Å². The number of hydrogen-bond acceptors (Lipinski definition) is 2. The van der Waals surface area contributed by atoms with E-state index in [0.29, 0.717) is 5.92 Å². The maximum Gasteiger partial charge on any atom is 0.0406 e. The minimum absolute atomic E-state index is 0.268. The van der Waals surface area contributed by atoms with Crippen LogP contribution in [-0.2, 0) is 6.54 Å². The minimum Gasteiger partial charge on any atom is -0.366 e. The zero-order valence-electron chi connectivity index (χ0n) is 14.5. The molecular formula is C19H32N2. The van der Waals surface area contributed by atoms with Crippen LogP contribution in [0.4, 0.5) is 5.69 Å². The van der Waals surface area contributed by atoms with Crippen molar-refractivity contribution in [3.63, 3.8) is 0 Å². The van der Waals surface area contributed by atoms with Gasteiger partial charge in [0.25, 0.3) is 0 Å². The standard InChI is InChI=1S/C19H32N2/c1-6-10-20-14-16-8-9-18-17(12-16)15(3)13-19(4,5)21(18)11-7-2/h8-9,12,15,20H,6-7,10-11,13-14H2,1-5H3/t15-/m0/s1. The van der Waals surface area contributed by atoms with Gasteiger partial charge in [-0.25, -0.2) is 0 Å². The first kappa shape index (κ1) is 16.4. The molecule has 1 atom stereocenters. The number of fused-ring (bicyclic) bond motifs is 1. The van der Waals surface area contributed by atoms with Crippen LogP contribution in [0, 0.1) is 0 Å². The Labute approximate surface area is 130 Å². The summed E-state index contributed by atoms with van der Waals surface area (Å²) in [6.07, 6.45) is 3.64. The summed E-state index contributed by atoms with van der Waals surface area (Å²) < 4.78 is 0. The molecular weight excluding hydrogens is 256 g/mol. The molecule has 0 amide bonds. The number of nitrogens with one attached hydrogen (secondary N) is 1. The lowest BCUT2D eigenvalue weighted by Crippen LogP contribution is -2.48. The van der Waals surface area contributed by atoms with E-state index in [1.807, 2.05) is 0 Å². The maximum absolute atomic E-state index is 3.51. The van der Waals surface area contributed by atoms with Crippen LogP contribution in [0.25, 0.3) is 0 Å². The van der Waals surface area contributed by atoms with Gasteiger partial charge >= 0.3 is 0 Å². The zero-order chi connectivity index (χ0) is 15.5. The highest BCUT2D eigenvalue weighted by Gasteiger charge is 2.35. The van der Waals surface area contributed by atoms with Gasteiger partial charge in [0.2, 0.25) is 0 Å².